The number of halogens is 1. The van der Waals surface area contributed by atoms with Crippen LogP contribution in [0.3, 0.4) is 0 Å². The van der Waals surface area contributed by atoms with Crippen LogP contribution in [-0.4, -0.2) is 37.4 Å². The van der Waals surface area contributed by atoms with Gasteiger partial charge in [-0.25, -0.2) is 13.2 Å². The lowest BCUT2D eigenvalue weighted by Gasteiger charge is -2.14. The number of hydrogen-bond acceptors (Lipinski definition) is 5. The molecule has 0 radical (unpaired) electrons. The number of carbonyl (C=O) groups is 1. The predicted molar refractivity (Wildman–Crippen MR) is 69.0 cm³/mol. The van der Waals surface area contributed by atoms with Crippen LogP contribution in [-0.2, 0) is 10.0 Å². The van der Waals surface area contributed by atoms with Crippen molar-refractivity contribution < 1.29 is 18.3 Å². The van der Waals surface area contributed by atoms with E-state index >= 15 is 0 Å². The van der Waals surface area contributed by atoms with Gasteiger partial charge in [-0.05, 0) is 22.0 Å². The summed E-state index contributed by atoms with van der Waals surface area (Å²) in [6.45, 7) is 0.0591. The lowest BCUT2D eigenvalue weighted by Crippen LogP contribution is -2.27. The summed E-state index contributed by atoms with van der Waals surface area (Å²) in [7, 11) is -2.43. The normalized spacial score (nSPS) is 11.4. The zero-order valence-corrected chi connectivity index (χ0v) is 12.5. The van der Waals surface area contributed by atoms with Gasteiger partial charge in [-0.1, -0.05) is 0 Å². The van der Waals surface area contributed by atoms with E-state index in [4.69, 9.17) is 10.4 Å². The zero-order chi connectivity index (χ0) is 13.9. The summed E-state index contributed by atoms with van der Waals surface area (Å²) < 4.78 is 25.5. The van der Waals surface area contributed by atoms with E-state index in [0.717, 1.165) is 21.7 Å². The summed E-state index contributed by atoms with van der Waals surface area (Å²) in [5.41, 5.74) is 0. The van der Waals surface area contributed by atoms with Crippen LogP contribution in [0.5, 0.6) is 0 Å². The maximum atomic E-state index is 12.1. The van der Waals surface area contributed by atoms with Crippen LogP contribution in [0.1, 0.15) is 16.1 Å². The van der Waals surface area contributed by atoms with Gasteiger partial charge in [0.05, 0.1) is 9.86 Å². The van der Waals surface area contributed by atoms with Gasteiger partial charge in [-0.15, -0.1) is 11.3 Å². The Kier molecular flexibility index (Phi) is 4.86. The van der Waals surface area contributed by atoms with E-state index < -0.39 is 16.0 Å². The minimum Gasteiger partial charge on any atom is -0.477 e. The van der Waals surface area contributed by atoms with Crippen molar-refractivity contribution in [2.24, 2.45) is 0 Å². The molecule has 1 heterocycles. The molecule has 0 unspecified atom stereocenters. The van der Waals surface area contributed by atoms with E-state index in [-0.39, 0.29) is 26.5 Å². The minimum atomic E-state index is -3.77. The fourth-order valence-corrected chi connectivity index (χ4v) is 4.65. The highest BCUT2D eigenvalue weighted by molar-refractivity contribution is 9.11. The maximum absolute atomic E-state index is 12.1. The number of carboxylic acids is 1. The SMILES string of the molecule is CN(CCC#N)S(=O)(=O)c1cc(C(=O)O)sc1Br. The molecule has 0 aliphatic heterocycles. The van der Waals surface area contributed by atoms with E-state index in [2.05, 4.69) is 15.9 Å². The molecule has 0 aromatic carbocycles. The second-order valence-corrected chi connectivity index (χ2v) is 7.67. The van der Waals surface area contributed by atoms with Crippen LogP contribution < -0.4 is 0 Å². The molecule has 0 amide bonds. The standard InChI is InChI=1S/C9H9BrN2O4S2/c1-12(4-2-3-11)18(15,16)7-5-6(9(13)14)17-8(7)10/h5H,2,4H2,1H3,(H,13,14). The van der Waals surface area contributed by atoms with Gasteiger partial charge in [0.25, 0.3) is 0 Å². The first-order valence-corrected chi connectivity index (χ1v) is 7.71. The van der Waals surface area contributed by atoms with Gasteiger partial charge in [-0.3, -0.25) is 0 Å². The van der Waals surface area contributed by atoms with Crippen LogP contribution in [0, 0.1) is 11.3 Å². The van der Waals surface area contributed by atoms with Gasteiger partial charge in [0.1, 0.15) is 9.77 Å². The van der Waals surface area contributed by atoms with Crippen molar-refractivity contribution in [3.63, 3.8) is 0 Å². The van der Waals surface area contributed by atoms with Gasteiger partial charge >= 0.3 is 5.97 Å². The van der Waals surface area contributed by atoms with Gasteiger partial charge in [0, 0.05) is 20.0 Å². The van der Waals surface area contributed by atoms with Crippen LogP contribution in [0.15, 0.2) is 14.7 Å². The van der Waals surface area contributed by atoms with Crippen molar-refractivity contribution in [2.75, 3.05) is 13.6 Å². The number of sulfonamides is 1. The molecule has 0 atom stereocenters. The molecular formula is C9H9BrN2O4S2. The third-order valence-corrected chi connectivity index (χ3v) is 6.19. The van der Waals surface area contributed by atoms with Gasteiger partial charge in [0.2, 0.25) is 10.0 Å². The molecule has 6 nitrogen and oxygen atoms in total. The predicted octanol–water partition coefficient (Wildman–Crippen LogP) is 1.74. The molecule has 1 N–H and O–H groups in total. The molecule has 1 aromatic rings. The summed E-state index contributed by atoms with van der Waals surface area (Å²) in [5, 5.41) is 17.2. The Labute approximate surface area is 117 Å². The summed E-state index contributed by atoms with van der Waals surface area (Å²) in [5.74, 6) is -1.18. The Morgan fingerprint density at radius 3 is 2.72 bits per heavy atom. The third kappa shape index (κ3) is 3.08. The molecule has 98 valence electrons. The zero-order valence-electron chi connectivity index (χ0n) is 9.25. The quantitative estimate of drug-likeness (QED) is 0.869. The first kappa shape index (κ1) is 15.1. The number of carboxylic acid groups (broad SMARTS) is 1. The molecule has 1 rings (SSSR count). The Balaban J connectivity index is 3.13. The Bertz CT molecular complexity index is 603. The van der Waals surface area contributed by atoms with E-state index in [1.54, 1.807) is 0 Å². The molecule has 1 aromatic heterocycles. The highest BCUT2D eigenvalue weighted by atomic mass is 79.9. The summed E-state index contributed by atoms with van der Waals surface area (Å²) >= 11 is 3.88. The monoisotopic (exact) mass is 352 g/mol. The molecular weight excluding hydrogens is 344 g/mol. The molecule has 9 heteroatoms. The van der Waals surface area contributed by atoms with Crippen LogP contribution in [0.2, 0.25) is 0 Å². The second-order valence-electron chi connectivity index (χ2n) is 3.29. The lowest BCUT2D eigenvalue weighted by atomic mass is 10.5. The maximum Gasteiger partial charge on any atom is 0.345 e. The fraction of sp³-hybridized carbons (Fsp3) is 0.333. The van der Waals surface area contributed by atoms with Crippen LogP contribution in [0.4, 0.5) is 0 Å². The molecule has 0 aliphatic rings. The number of rotatable bonds is 5. The average Bonchev–Trinajstić information content (AvgIpc) is 2.68. The van der Waals surface area contributed by atoms with Crippen molar-refractivity contribution in [3.05, 3.63) is 14.7 Å². The molecule has 0 fully saturated rings. The van der Waals surface area contributed by atoms with Crippen molar-refractivity contribution in [2.45, 2.75) is 11.3 Å². The molecule has 0 saturated carbocycles. The number of hydrogen-bond donors (Lipinski definition) is 1. The lowest BCUT2D eigenvalue weighted by molar-refractivity contribution is 0.0702. The molecule has 0 bridgehead atoms. The molecule has 18 heavy (non-hydrogen) atoms. The van der Waals surface area contributed by atoms with Gasteiger partial charge in [-0.2, -0.15) is 9.57 Å². The van der Waals surface area contributed by atoms with Crippen molar-refractivity contribution >= 4 is 43.3 Å². The van der Waals surface area contributed by atoms with E-state index in [0.29, 0.717) is 0 Å². The van der Waals surface area contributed by atoms with Crippen molar-refractivity contribution in [1.29, 1.82) is 5.26 Å². The molecule has 0 aliphatic carbocycles. The van der Waals surface area contributed by atoms with E-state index in [1.165, 1.54) is 7.05 Å². The van der Waals surface area contributed by atoms with Gasteiger partial charge < -0.3 is 5.11 Å². The average molecular weight is 353 g/mol. The summed E-state index contributed by atoms with van der Waals surface area (Å²) in [4.78, 5) is 10.6. The summed E-state index contributed by atoms with van der Waals surface area (Å²) in [6, 6.07) is 2.96. The van der Waals surface area contributed by atoms with Crippen molar-refractivity contribution in [1.82, 2.24) is 4.31 Å². The topological polar surface area (TPSA) is 98.5 Å². The van der Waals surface area contributed by atoms with Gasteiger partial charge in [0.15, 0.2) is 0 Å². The largest absolute Gasteiger partial charge is 0.477 e. The Hall–Kier alpha value is -0.950. The number of aromatic carboxylic acids is 1. The molecule has 0 spiro atoms. The van der Waals surface area contributed by atoms with E-state index in [9.17, 15) is 13.2 Å². The number of thiophene rings is 1. The number of nitrogens with zero attached hydrogens (tertiary/aromatic N) is 2. The Morgan fingerprint density at radius 1 is 1.67 bits per heavy atom. The van der Waals surface area contributed by atoms with Crippen LogP contribution >= 0.6 is 27.3 Å². The smallest absolute Gasteiger partial charge is 0.345 e. The third-order valence-electron chi connectivity index (χ3n) is 2.09. The van der Waals surface area contributed by atoms with Crippen molar-refractivity contribution in [3.8, 4) is 6.07 Å². The van der Waals surface area contributed by atoms with E-state index in [1.807, 2.05) is 6.07 Å². The first-order valence-electron chi connectivity index (χ1n) is 4.66. The fourth-order valence-electron chi connectivity index (χ4n) is 1.13. The highest BCUT2D eigenvalue weighted by Gasteiger charge is 2.26. The second kappa shape index (κ2) is 5.79. The minimum absolute atomic E-state index is 0.0591. The Morgan fingerprint density at radius 2 is 2.28 bits per heavy atom. The summed E-state index contributed by atoms with van der Waals surface area (Å²) in [6.07, 6.45) is 0.0727. The first-order chi connectivity index (χ1) is 8.30. The number of nitriles is 1. The molecule has 0 saturated heterocycles. The highest BCUT2D eigenvalue weighted by Crippen LogP contribution is 2.33. The van der Waals surface area contributed by atoms with Crippen LogP contribution in [0.25, 0.3) is 0 Å².